The minimum Gasteiger partial charge on any atom is -0.481 e. The number of anilines is 1. The third kappa shape index (κ3) is 3.97. The highest BCUT2D eigenvalue weighted by Crippen LogP contribution is 2.50. The molecule has 2 aromatic rings. The quantitative estimate of drug-likeness (QED) is 0.270. The first kappa shape index (κ1) is 22.9. The predicted molar refractivity (Wildman–Crippen MR) is 124 cm³/mol. The Balaban J connectivity index is 1.68. The number of aliphatic hydroxyl groups is 1. The van der Waals surface area contributed by atoms with Gasteiger partial charge >= 0.3 is 0 Å². The number of hydrogen-bond acceptors (Lipinski definition) is 9. The van der Waals surface area contributed by atoms with E-state index in [9.17, 15) is 14.4 Å². The summed E-state index contributed by atoms with van der Waals surface area (Å²) in [5.74, 6) is -1.28. The second kappa shape index (κ2) is 9.32. The van der Waals surface area contributed by atoms with E-state index >= 15 is 0 Å². The molecular formula is C22H25N3O5S2. The van der Waals surface area contributed by atoms with Crippen LogP contribution in [0, 0.1) is 0 Å². The van der Waals surface area contributed by atoms with Gasteiger partial charge in [0.1, 0.15) is 12.4 Å². The topological polar surface area (TPSA) is 131 Å². The number of carbonyl (C=O) groups is 3. The summed E-state index contributed by atoms with van der Waals surface area (Å²) in [6, 6.07) is 7.46. The second-order valence-electron chi connectivity index (χ2n) is 7.85. The van der Waals surface area contributed by atoms with Gasteiger partial charge in [-0.3, -0.25) is 14.4 Å². The number of ether oxygens (including phenoxy) is 1. The van der Waals surface area contributed by atoms with Crippen molar-refractivity contribution in [3.05, 3.63) is 40.3 Å². The number of thiophene rings is 1. The van der Waals surface area contributed by atoms with Gasteiger partial charge < -0.3 is 26.2 Å². The maximum Gasteiger partial charge on any atom is 0.294 e. The molecule has 3 heterocycles. The third-order valence-electron chi connectivity index (χ3n) is 6.07. The van der Waals surface area contributed by atoms with Gasteiger partial charge in [-0.15, -0.1) is 23.1 Å². The molecule has 170 valence electrons. The van der Waals surface area contributed by atoms with E-state index in [1.165, 1.54) is 23.1 Å². The average molecular weight is 476 g/mol. The fraction of sp³-hybridized carbons (Fsp3) is 0.409. The number of carbonyl (C=O) groups excluding carboxylic acids is 3. The monoisotopic (exact) mass is 475 g/mol. The Morgan fingerprint density at radius 1 is 1.31 bits per heavy atom. The molecule has 1 aromatic heterocycles. The number of Topliss-reactive ketones (excluding diaryl/α,β-unsaturated/α-hetero) is 2. The van der Waals surface area contributed by atoms with Crippen molar-refractivity contribution in [1.29, 1.82) is 0 Å². The normalized spacial score (nSPS) is 18.8. The Kier molecular flexibility index (Phi) is 6.68. The number of piperidine rings is 1. The van der Waals surface area contributed by atoms with Crippen molar-refractivity contribution in [3.8, 4) is 5.75 Å². The van der Waals surface area contributed by atoms with Gasteiger partial charge in [0.2, 0.25) is 11.6 Å². The van der Waals surface area contributed by atoms with E-state index in [2.05, 4.69) is 16.7 Å². The van der Waals surface area contributed by atoms with Crippen LogP contribution in [0.3, 0.4) is 0 Å². The lowest BCUT2D eigenvalue weighted by molar-refractivity contribution is -0.136. The summed E-state index contributed by atoms with van der Waals surface area (Å²) in [4.78, 5) is 37.6. The molecule has 2 aliphatic rings. The van der Waals surface area contributed by atoms with Crippen LogP contribution < -0.4 is 21.1 Å². The number of nitrogens with two attached hydrogens (primary N) is 1. The zero-order valence-electron chi connectivity index (χ0n) is 17.6. The van der Waals surface area contributed by atoms with E-state index < -0.39 is 29.8 Å². The second-order valence-corrected chi connectivity index (χ2v) is 9.98. The van der Waals surface area contributed by atoms with Gasteiger partial charge in [-0.1, -0.05) is 12.1 Å². The van der Waals surface area contributed by atoms with E-state index in [1.54, 1.807) is 6.07 Å². The lowest BCUT2D eigenvalue weighted by atomic mass is 9.69. The van der Waals surface area contributed by atoms with Crippen LogP contribution in [0.4, 0.5) is 5.69 Å². The van der Waals surface area contributed by atoms with Gasteiger partial charge in [-0.2, -0.15) is 0 Å². The van der Waals surface area contributed by atoms with Crippen LogP contribution >= 0.6 is 23.1 Å². The highest BCUT2D eigenvalue weighted by atomic mass is 32.2. The van der Waals surface area contributed by atoms with Gasteiger partial charge in [0.15, 0.2) is 6.10 Å². The van der Waals surface area contributed by atoms with E-state index in [0.717, 1.165) is 37.1 Å². The molecule has 1 unspecified atom stereocenters. The molecular weight excluding hydrogens is 450 g/mol. The highest BCUT2D eigenvalue weighted by molar-refractivity contribution is 8.00. The van der Waals surface area contributed by atoms with Crippen molar-refractivity contribution in [2.75, 3.05) is 31.3 Å². The van der Waals surface area contributed by atoms with E-state index in [1.807, 2.05) is 18.4 Å². The van der Waals surface area contributed by atoms with Crippen LogP contribution in [0.1, 0.15) is 33.6 Å². The molecule has 2 aliphatic heterocycles. The number of ketones is 2. The molecule has 1 saturated heterocycles. The van der Waals surface area contributed by atoms with Gasteiger partial charge in [0.25, 0.3) is 5.91 Å². The van der Waals surface area contributed by atoms with Crippen molar-refractivity contribution in [1.82, 2.24) is 5.32 Å². The van der Waals surface area contributed by atoms with E-state index in [-0.39, 0.29) is 5.78 Å². The Morgan fingerprint density at radius 2 is 2.06 bits per heavy atom. The Hall–Kier alpha value is -2.24. The first-order chi connectivity index (χ1) is 15.4. The number of amides is 1. The molecule has 0 aliphatic carbocycles. The summed E-state index contributed by atoms with van der Waals surface area (Å²) in [7, 11) is 0. The lowest BCUT2D eigenvalue weighted by Crippen LogP contribution is -2.50. The standard InChI is InChI=1S/C22H25N3O5S2/c1-31-21-14(25-20(29)15(27)11-26)9-17(32-21)18(28)19-22(4-6-24-7-5-22)13-8-12(10-23)2-3-16(13)30-19/h2-3,8-9,19,24,26H,4-7,10-11,23H2,1H3,(H,25,29). The smallest absolute Gasteiger partial charge is 0.294 e. The number of hydrogen-bond donors (Lipinski definition) is 4. The summed E-state index contributed by atoms with van der Waals surface area (Å²) >= 11 is 2.63. The lowest BCUT2D eigenvalue weighted by Gasteiger charge is -2.37. The largest absolute Gasteiger partial charge is 0.481 e. The molecule has 1 atom stereocenters. The summed E-state index contributed by atoms with van der Waals surface area (Å²) in [6.07, 6.45) is 2.68. The Morgan fingerprint density at radius 3 is 2.72 bits per heavy atom. The van der Waals surface area contributed by atoms with Crippen molar-refractivity contribution in [2.24, 2.45) is 5.73 Å². The number of rotatable bonds is 7. The predicted octanol–water partition coefficient (Wildman–Crippen LogP) is 1.69. The van der Waals surface area contributed by atoms with Gasteiger partial charge in [-0.25, -0.2) is 0 Å². The average Bonchev–Trinajstić information content (AvgIpc) is 3.37. The van der Waals surface area contributed by atoms with E-state index in [0.29, 0.717) is 27.1 Å². The summed E-state index contributed by atoms with van der Waals surface area (Å²) < 4.78 is 6.94. The summed E-state index contributed by atoms with van der Waals surface area (Å²) in [5.41, 5.74) is 7.83. The van der Waals surface area contributed by atoms with Crippen LogP contribution in [-0.4, -0.2) is 54.6 Å². The SMILES string of the molecule is CSc1sc(C(=O)C2Oc3ccc(CN)cc3C23CCNCC3)cc1NC(=O)C(=O)CO. The molecule has 10 heteroatoms. The molecule has 0 bridgehead atoms. The Bertz CT molecular complexity index is 1060. The molecule has 8 nitrogen and oxygen atoms in total. The van der Waals surface area contributed by atoms with Crippen LogP contribution in [0.5, 0.6) is 5.75 Å². The fourth-order valence-electron chi connectivity index (χ4n) is 4.41. The Labute approximate surface area is 193 Å². The minimum atomic E-state index is -0.935. The molecule has 0 radical (unpaired) electrons. The number of aliphatic hydroxyl groups excluding tert-OH is 1. The van der Waals surface area contributed by atoms with Crippen LogP contribution in [-0.2, 0) is 21.5 Å². The van der Waals surface area contributed by atoms with Gasteiger partial charge in [-0.05, 0) is 49.9 Å². The van der Waals surface area contributed by atoms with Crippen LogP contribution in [0.2, 0.25) is 0 Å². The molecule has 1 aromatic carbocycles. The molecule has 1 fully saturated rings. The molecule has 32 heavy (non-hydrogen) atoms. The van der Waals surface area contributed by atoms with Crippen LogP contribution in [0.25, 0.3) is 0 Å². The zero-order chi connectivity index (χ0) is 22.9. The number of fused-ring (bicyclic) bond motifs is 2. The number of nitrogens with one attached hydrogen (secondary N) is 2. The van der Waals surface area contributed by atoms with Crippen molar-refractivity contribution >= 4 is 46.3 Å². The van der Waals surface area contributed by atoms with Crippen molar-refractivity contribution in [2.45, 2.75) is 35.1 Å². The molecule has 1 spiro atoms. The summed E-state index contributed by atoms with van der Waals surface area (Å²) in [5, 5.41) is 14.8. The maximum absolute atomic E-state index is 13.7. The number of benzene rings is 1. The van der Waals surface area contributed by atoms with Crippen molar-refractivity contribution < 1.29 is 24.2 Å². The maximum atomic E-state index is 13.7. The van der Waals surface area contributed by atoms with Gasteiger partial charge in [0, 0.05) is 17.5 Å². The molecule has 5 N–H and O–H groups in total. The fourth-order valence-corrected chi connectivity index (χ4v) is 6.15. The highest BCUT2D eigenvalue weighted by Gasteiger charge is 2.53. The first-order valence-corrected chi connectivity index (χ1v) is 12.4. The first-order valence-electron chi connectivity index (χ1n) is 10.3. The summed E-state index contributed by atoms with van der Waals surface area (Å²) in [6.45, 7) is 1.11. The third-order valence-corrected chi connectivity index (χ3v) is 8.35. The van der Waals surface area contributed by atoms with Crippen molar-refractivity contribution in [3.63, 3.8) is 0 Å². The van der Waals surface area contributed by atoms with Gasteiger partial charge in [0.05, 0.1) is 14.8 Å². The minimum absolute atomic E-state index is 0.147. The molecule has 4 rings (SSSR count). The molecule has 1 amide bonds. The molecule has 0 saturated carbocycles. The van der Waals surface area contributed by atoms with Crippen LogP contribution in [0.15, 0.2) is 28.5 Å². The number of thioether (sulfide) groups is 1. The zero-order valence-corrected chi connectivity index (χ0v) is 19.2. The van der Waals surface area contributed by atoms with E-state index in [4.69, 9.17) is 15.6 Å².